The number of allylic oxidation sites excluding steroid dienone is 1. The van der Waals surface area contributed by atoms with Gasteiger partial charge in [-0.15, -0.1) is 0 Å². The minimum atomic E-state index is 0.00454. The summed E-state index contributed by atoms with van der Waals surface area (Å²) in [5.41, 5.74) is 5.61. The van der Waals surface area contributed by atoms with Crippen LogP contribution in [0.25, 0.3) is 0 Å². The number of hydrogen-bond donors (Lipinski definition) is 3. The van der Waals surface area contributed by atoms with Crippen LogP contribution in [0, 0.1) is 11.3 Å². The van der Waals surface area contributed by atoms with E-state index in [2.05, 4.69) is 5.32 Å². The summed E-state index contributed by atoms with van der Waals surface area (Å²) in [6.07, 6.45) is 7.71. The van der Waals surface area contributed by atoms with Gasteiger partial charge in [-0.05, 0) is 12.8 Å². The van der Waals surface area contributed by atoms with Gasteiger partial charge in [0.1, 0.15) is 0 Å². The molecule has 1 rings (SSSR count). The Balaban J connectivity index is 2.44. The van der Waals surface area contributed by atoms with E-state index in [0.29, 0.717) is 5.70 Å². The van der Waals surface area contributed by atoms with Gasteiger partial charge in [0.05, 0.1) is 5.70 Å². The Kier molecular flexibility index (Phi) is 4.16. The van der Waals surface area contributed by atoms with E-state index in [0.717, 1.165) is 31.9 Å². The number of nitrogens with one attached hydrogen (secondary N) is 2. The zero-order valence-corrected chi connectivity index (χ0v) is 8.25. The third-order valence-electron chi connectivity index (χ3n) is 2.58. The molecular formula is C10H17N3O. The maximum absolute atomic E-state index is 11.6. The summed E-state index contributed by atoms with van der Waals surface area (Å²) < 4.78 is 0. The lowest BCUT2D eigenvalue weighted by molar-refractivity contribution is -0.125. The molecule has 4 nitrogen and oxygen atoms in total. The van der Waals surface area contributed by atoms with E-state index >= 15 is 0 Å². The molecule has 1 fully saturated rings. The largest absolute Gasteiger partial charge is 0.403 e. The number of carbonyl (C=O) groups excluding carboxylic acids is 1. The molecule has 1 aliphatic rings. The minimum absolute atomic E-state index is 0.00454. The summed E-state index contributed by atoms with van der Waals surface area (Å²) >= 11 is 0. The second-order valence-corrected chi connectivity index (χ2v) is 3.59. The molecule has 0 aromatic rings. The van der Waals surface area contributed by atoms with Crippen LogP contribution in [-0.4, -0.2) is 12.1 Å². The van der Waals surface area contributed by atoms with Crippen LogP contribution in [-0.2, 0) is 4.79 Å². The number of nitrogens with two attached hydrogens (primary N) is 1. The van der Waals surface area contributed by atoms with Gasteiger partial charge in [0, 0.05) is 18.3 Å². The first-order chi connectivity index (χ1) is 6.77. The lowest BCUT2D eigenvalue weighted by Gasteiger charge is -2.20. The Labute approximate surface area is 84.1 Å². The van der Waals surface area contributed by atoms with E-state index < -0.39 is 0 Å². The maximum Gasteiger partial charge on any atom is 0.227 e. The number of rotatable bonds is 3. The van der Waals surface area contributed by atoms with Crippen LogP contribution in [0.1, 0.15) is 32.1 Å². The van der Waals surface area contributed by atoms with Crippen LogP contribution < -0.4 is 11.1 Å². The lowest BCUT2D eigenvalue weighted by Crippen LogP contribution is -2.32. The average molecular weight is 195 g/mol. The molecule has 4 heteroatoms. The van der Waals surface area contributed by atoms with Crippen LogP contribution in [0.2, 0.25) is 0 Å². The van der Waals surface area contributed by atoms with Crippen molar-refractivity contribution < 1.29 is 4.79 Å². The SMILES string of the molecule is N=C/C(=C\N)NC(=O)C1CCCCC1. The van der Waals surface area contributed by atoms with Gasteiger partial charge in [-0.3, -0.25) is 4.79 Å². The number of amides is 1. The Morgan fingerprint density at radius 1 is 1.36 bits per heavy atom. The van der Waals surface area contributed by atoms with Crippen LogP contribution >= 0.6 is 0 Å². The minimum Gasteiger partial charge on any atom is -0.403 e. The van der Waals surface area contributed by atoms with Crippen molar-refractivity contribution in [2.75, 3.05) is 0 Å². The molecule has 0 radical (unpaired) electrons. The summed E-state index contributed by atoms with van der Waals surface area (Å²) in [6, 6.07) is 0. The maximum atomic E-state index is 11.6. The summed E-state index contributed by atoms with van der Waals surface area (Å²) in [5.74, 6) is 0.114. The van der Waals surface area contributed by atoms with Crippen LogP contribution in [0.4, 0.5) is 0 Å². The number of carbonyl (C=O) groups is 1. The quantitative estimate of drug-likeness (QED) is 0.590. The highest BCUT2D eigenvalue weighted by molar-refractivity contribution is 5.87. The summed E-state index contributed by atoms with van der Waals surface area (Å²) in [7, 11) is 0. The average Bonchev–Trinajstić information content (AvgIpc) is 2.26. The highest BCUT2D eigenvalue weighted by atomic mass is 16.1. The zero-order chi connectivity index (χ0) is 10.4. The van der Waals surface area contributed by atoms with E-state index in [1.807, 2.05) is 0 Å². The molecule has 0 spiro atoms. The topological polar surface area (TPSA) is 79.0 Å². The van der Waals surface area contributed by atoms with Gasteiger partial charge in [-0.1, -0.05) is 19.3 Å². The van der Waals surface area contributed by atoms with Crippen molar-refractivity contribution in [3.8, 4) is 0 Å². The summed E-state index contributed by atoms with van der Waals surface area (Å²) in [4.78, 5) is 11.6. The van der Waals surface area contributed by atoms with E-state index in [4.69, 9.17) is 11.1 Å². The summed E-state index contributed by atoms with van der Waals surface area (Å²) in [6.45, 7) is 0. The normalized spacial score (nSPS) is 19.0. The van der Waals surface area contributed by atoms with Crippen molar-refractivity contribution in [3.63, 3.8) is 0 Å². The van der Waals surface area contributed by atoms with Crippen molar-refractivity contribution in [2.24, 2.45) is 11.7 Å². The second-order valence-electron chi connectivity index (χ2n) is 3.59. The van der Waals surface area contributed by atoms with Crippen LogP contribution in [0.15, 0.2) is 11.9 Å². The molecule has 0 aliphatic heterocycles. The highest BCUT2D eigenvalue weighted by Crippen LogP contribution is 2.23. The molecule has 0 aromatic carbocycles. The van der Waals surface area contributed by atoms with Crippen molar-refractivity contribution in [3.05, 3.63) is 11.9 Å². The fourth-order valence-electron chi connectivity index (χ4n) is 1.73. The Morgan fingerprint density at radius 2 is 2.00 bits per heavy atom. The predicted octanol–water partition coefficient (Wildman–Crippen LogP) is 1.13. The molecule has 0 unspecified atom stereocenters. The first-order valence-corrected chi connectivity index (χ1v) is 5.01. The molecule has 0 bridgehead atoms. The Bertz CT molecular complexity index is 242. The van der Waals surface area contributed by atoms with Gasteiger partial charge < -0.3 is 16.5 Å². The standard InChI is InChI=1S/C10H17N3O/c11-6-9(7-12)13-10(14)8-4-2-1-3-5-8/h6-8,11H,1-5,12H2,(H,13,14)/b9-7+,11-6?. The first-order valence-electron chi connectivity index (χ1n) is 5.01. The Morgan fingerprint density at radius 3 is 2.50 bits per heavy atom. The van der Waals surface area contributed by atoms with Gasteiger partial charge >= 0.3 is 0 Å². The van der Waals surface area contributed by atoms with E-state index in [-0.39, 0.29) is 11.8 Å². The molecule has 78 valence electrons. The molecule has 0 heterocycles. The molecule has 4 N–H and O–H groups in total. The third-order valence-corrected chi connectivity index (χ3v) is 2.58. The molecular weight excluding hydrogens is 178 g/mol. The molecule has 1 saturated carbocycles. The van der Waals surface area contributed by atoms with Crippen molar-refractivity contribution in [2.45, 2.75) is 32.1 Å². The van der Waals surface area contributed by atoms with Gasteiger partial charge in [0.15, 0.2) is 0 Å². The highest BCUT2D eigenvalue weighted by Gasteiger charge is 2.20. The van der Waals surface area contributed by atoms with E-state index in [9.17, 15) is 4.79 Å². The monoisotopic (exact) mass is 195 g/mol. The molecule has 1 aliphatic carbocycles. The van der Waals surface area contributed by atoms with Crippen LogP contribution in [0.5, 0.6) is 0 Å². The van der Waals surface area contributed by atoms with Crippen molar-refractivity contribution in [1.82, 2.24) is 5.32 Å². The van der Waals surface area contributed by atoms with Crippen molar-refractivity contribution >= 4 is 12.1 Å². The first kappa shape index (κ1) is 10.8. The molecule has 0 atom stereocenters. The second kappa shape index (κ2) is 5.42. The summed E-state index contributed by atoms with van der Waals surface area (Å²) in [5, 5.41) is 9.62. The van der Waals surface area contributed by atoms with E-state index in [1.165, 1.54) is 12.6 Å². The third kappa shape index (κ3) is 2.87. The smallest absolute Gasteiger partial charge is 0.227 e. The zero-order valence-electron chi connectivity index (χ0n) is 8.25. The molecule has 0 aromatic heterocycles. The molecule has 14 heavy (non-hydrogen) atoms. The lowest BCUT2D eigenvalue weighted by atomic mass is 9.88. The van der Waals surface area contributed by atoms with E-state index in [1.54, 1.807) is 0 Å². The fourth-order valence-corrected chi connectivity index (χ4v) is 1.73. The van der Waals surface area contributed by atoms with Crippen molar-refractivity contribution in [1.29, 1.82) is 5.41 Å². The molecule has 1 amide bonds. The Hall–Kier alpha value is -1.32. The number of hydrogen-bond acceptors (Lipinski definition) is 3. The van der Waals surface area contributed by atoms with Crippen LogP contribution in [0.3, 0.4) is 0 Å². The molecule has 0 saturated heterocycles. The fraction of sp³-hybridized carbons (Fsp3) is 0.600. The van der Waals surface area contributed by atoms with Gasteiger partial charge in [-0.25, -0.2) is 0 Å². The van der Waals surface area contributed by atoms with Gasteiger partial charge in [0.2, 0.25) is 5.91 Å². The van der Waals surface area contributed by atoms with Gasteiger partial charge in [0.25, 0.3) is 0 Å². The predicted molar refractivity (Wildman–Crippen MR) is 55.8 cm³/mol. The van der Waals surface area contributed by atoms with Gasteiger partial charge in [-0.2, -0.15) is 0 Å².